The Balaban J connectivity index is 1.47. The summed E-state index contributed by atoms with van der Waals surface area (Å²) in [5.74, 6) is 0.893. The Morgan fingerprint density at radius 2 is 2.19 bits per heavy atom. The number of aryl methyl sites for hydroxylation is 1. The Labute approximate surface area is 157 Å². The summed E-state index contributed by atoms with van der Waals surface area (Å²) >= 11 is 0. The lowest BCUT2D eigenvalue weighted by Crippen LogP contribution is -2.33. The molecule has 1 fully saturated rings. The number of aromatic amines is 2. The molecule has 27 heavy (non-hydrogen) atoms. The molecule has 0 bridgehead atoms. The van der Waals surface area contributed by atoms with Crippen LogP contribution in [0, 0.1) is 6.92 Å². The number of benzene rings is 1. The number of aromatic nitrogens is 4. The summed E-state index contributed by atoms with van der Waals surface area (Å²) in [5, 5.41) is 7.47. The number of nitrogens with one attached hydrogen (secondary N) is 2. The SMILES string of the molecule is Cc1ccc2nc([C@H]3CCCN3C(=O)c3n[nH]c4c3CN(C)CC4)[nH]c2c1. The number of H-pyrrole nitrogens is 2. The molecule has 0 spiro atoms. The van der Waals surface area contributed by atoms with Gasteiger partial charge in [-0.1, -0.05) is 6.07 Å². The van der Waals surface area contributed by atoms with E-state index < -0.39 is 0 Å². The summed E-state index contributed by atoms with van der Waals surface area (Å²) < 4.78 is 0. The number of imidazole rings is 1. The Morgan fingerprint density at radius 1 is 1.30 bits per heavy atom. The Bertz CT molecular complexity index is 1020. The van der Waals surface area contributed by atoms with Crippen LogP contribution in [-0.2, 0) is 13.0 Å². The van der Waals surface area contributed by atoms with Crippen molar-refractivity contribution < 1.29 is 4.79 Å². The quantitative estimate of drug-likeness (QED) is 0.732. The molecule has 3 aromatic rings. The zero-order valence-corrected chi connectivity index (χ0v) is 15.7. The average molecular weight is 364 g/mol. The summed E-state index contributed by atoms with van der Waals surface area (Å²) in [5.41, 5.74) is 5.92. The Kier molecular flexibility index (Phi) is 3.79. The fourth-order valence-corrected chi connectivity index (χ4v) is 4.34. The number of likely N-dealkylation sites (N-methyl/N-ethyl adjacent to an activating group) is 1. The number of hydrogen-bond donors (Lipinski definition) is 2. The van der Waals surface area contributed by atoms with Gasteiger partial charge >= 0.3 is 0 Å². The van der Waals surface area contributed by atoms with E-state index in [0.29, 0.717) is 5.69 Å². The van der Waals surface area contributed by atoms with E-state index in [1.807, 2.05) is 11.0 Å². The average Bonchev–Trinajstić information content (AvgIpc) is 3.37. The van der Waals surface area contributed by atoms with Crippen LogP contribution in [0.5, 0.6) is 0 Å². The van der Waals surface area contributed by atoms with Gasteiger partial charge in [-0.15, -0.1) is 0 Å². The predicted molar refractivity (Wildman–Crippen MR) is 102 cm³/mol. The van der Waals surface area contributed by atoms with Gasteiger partial charge in [0.05, 0.1) is 17.1 Å². The van der Waals surface area contributed by atoms with Crippen LogP contribution in [0.2, 0.25) is 0 Å². The molecular formula is C20H24N6O. The first-order valence-corrected chi connectivity index (χ1v) is 9.62. The third-order valence-corrected chi connectivity index (χ3v) is 5.81. The summed E-state index contributed by atoms with van der Waals surface area (Å²) in [6.07, 6.45) is 2.83. The molecule has 7 nitrogen and oxygen atoms in total. The van der Waals surface area contributed by atoms with E-state index in [4.69, 9.17) is 4.98 Å². The van der Waals surface area contributed by atoms with Gasteiger partial charge in [0.2, 0.25) is 0 Å². The van der Waals surface area contributed by atoms with Crippen molar-refractivity contribution in [2.75, 3.05) is 20.1 Å². The van der Waals surface area contributed by atoms with E-state index in [1.54, 1.807) is 0 Å². The maximum Gasteiger partial charge on any atom is 0.275 e. The summed E-state index contributed by atoms with van der Waals surface area (Å²) in [6.45, 7) is 4.59. The zero-order chi connectivity index (χ0) is 18.5. The van der Waals surface area contributed by atoms with Crippen LogP contribution in [0.3, 0.4) is 0 Å². The standard InChI is InChI=1S/C20H24N6O/c1-12-5-6-15-16(10-12)22-19(21-15)17-4-3-8-26(17)20(27)18-13-11-25(2)9-7-14(13)23-24-18/h5-6,10,17H,3-4,7-9,11H2,1-2H3,(H,21,22)(H,23,24)/t17-/m1/s1. The molecule has 2 aromatic heterocycles. The second-order valence-corrected chi connectivity index (χ2v) is 7.82. The van der Waals surface area contributed by atoms with E-state index in [2.05, 4.69) is 46.2 Å². The lowest BCUT2D eigenvalue weighted by atomic mass is 10.0. The lowest BCUT2D eigenvalue weighted by Gasteiger charge is -2.25. The molecule has 4 heterocycles. The van der Waals surface area contributed by atoms with Crippen molar-refractivity contribution in [2.24, 2.45) is 0 Å². The maximum atomic E-state index is 13.3. The van der Waals surface area contributed by atoms with E-state index in [-0.39, 0.29) is 11.9 Å². The van der Waals surface area contributed by atoms with Crippen LogP contribution >= 0.6 is 0 Å². The molecule has 1 saturated heterocycles. The van der Waals surface area contributed by atoms with E-state index in [0.717, 1.165) is 67.0 Å². The molecule has 1 amide bonds. The normalized spacial score (nSPS) is 20.4. The monoisotopic (exact) mass is 364 g/mol. The van der Waals surface area contributed by atoms with Crippen molar-refractivity contribution in [3.05, 3.63) is 46.5 Å². The molecule has 7 heteroatoms. The number of carbonyl (C=O) groups is 1. The van der Waals surface area contributed by atoms with Crippen molar-refractivity contribution in [3.8, 4) is 0 Å². The van der Waals surface area contributed by atoms with Gasteiger partial charge in [-0.05, 0) is 44.5 Å². The van der Waals surface area contributed by atoms with Crippen molar-refractivity contribution in [1.82, 2.24) is 30.0 Å². The molecule has 2 N–H and O–H groups in total. The molecule has 0 unspecified atom stereocenters. The topological polar surface area (TPSA) is 80.9 Å². The second-order valence-electron chi connectivity index (χ2n) is 7.82. The maximum absolute atomic E-state index is 13.3. The molecule has 140 valence electrons. The largest absolute Gasteiger partial charge is 0.340 e. The van der Waals surface area contributed by atoms with Crippen LogP contribution < -0.4 is 0 Å². The van der Waals surface area contributed by atoms with E-state index in [1.165, 1.54) is 5.56 Å². The summed E-state index contributed by atoms with van der Waals surface area (Å²) in [4.78, 5) is 25.7. The Morgan fingerprint density at radius 3 is 3.07 bits per heavy atom. The van der Waals surface area contributed by atoms with Crippen LogP contribution in [0.4, 0.5) is 0 Å². The molecule has 1 aromatic carbocycles. The first-order chi connectivity index (χ1) is 13.1. The minimum absolute atomic E-state index is 0.0149. The highest BCUT2D eigenvalue weighted by molar-refractivity contribution is 5.94. The van der Waals surface area contributed by atoms with E-state index in [9.17, 15) is 4.79 Å². The van der Waals surface area contributed by atoms with Gasteiger partial charge in [0.15, 0.2) is 5.69 Å². The van der Waals surface area contributed by atoms with Gasteiger partial charge in [-0.3, -0.25) is 9.89 Å². The fourth-order valence-electron chi connectivity index (χ4n) is 4.34. The van der Waals surface area contributed by atoms with Gasteiger partial charge in [0.1, 0.15) is 5.82 Å². The predicted octanol–water partition coefficient (Wildman–Crippen LogP) is 2.56. The van der Waals surface area contributed by atoms with Crippen molar-refractivity contribution in [3.63, 3.8) is 0 Å². The number of amides is 1. The van der Waals surface area contributed by atoms with E-state index >= 15 is 0 Å². The first-order valence-electron chi connectivity index (χ1n) is 9.62. The van der Waals surface area contributed by atoms with Crippen molar-refractivity contribution in [2.45, 2.75) is 38.8 Å². The number of likely N-dealkylation sites (tertiary alicyclic amines) is 1. The van der Waals surface area contributed by atoms with Gasteiger partial charge < -0.3 is 14.8 Å². The molecule has 2 aliphatic heterocycles. The fraction of sp³-hybridized carbons (Fsp3) is 0.450. The van der Waals surface area contributed by atoms with Crippen molar-refractivity contribution >= 4 is 16.9 Å². The molecule has 5 rings (SSSR count). The molecule has 0 saturated carbocycles. The molecule has 1 atom stereocenters. The van der Waals surface area contributed by atoms with Gasteiger partial charge in [0.25, 0.3) is 5.91 Å². The minimum atomic E-state index is -0.0149. The highest BCUT2D eigenvalue weighted by atomic mass is 16.2. The van der Waals surface area contributed by atoms with Crippen LogP contribution in [0.1, 0.15) is 52.0 Å². The number of hydrogen-bond acceptors (Lipinski definition) is 4. The smallest absolute Gasteiger partial charge is 0.275 e. The lowest BCUT2D eigenvalue weighted by molar-refractivity contribution is 0.0722. The molecule has 0 radical (unpaired) electrons. The van der Waals surface area contributed by atoms with Gasteiger partial charge in [0, 0.05) is 37.3 Å². The van der Waals surface area contributed by atoms with Crippen LogP contribution in [-0.4, -0.2) is 56.0 Å². The zero-order valence-electron chi connectivity index (χ0n) is 15.7. The minimum Gasteiger partial charge on any atom is -0.340 e. The number of carbonyl (C=O) groups excluding carboxylic acids is 1. The molecular weight excluding hydrogens is 340 g/mol. The van der Waals surface area contributed by atoms with Crippen LogP contribution in [0.25, 0.3) is 11.0 Å². The van der Waals surface area contributed by atoms with Crippen LogP contribution in [0.15, 0.2) is 18.2 Å². The summed E-state index contributed by atoms with van der Waals surface area (Å²) in [7, 11) is 2.08. The highest BCUT2D eigenvalue weighted by Gasteiger charge is 2.35. The number of fused-ring (bicyclic) bond motifs is 2. The summed E-state index contributed by atoms with van der Waals surface area (Å²) in [6, 6.07) is 6.19. The first kappa shape index (κ1) is 16.5. The third kappa shape index (κ3) is 2.73. The number of nitrogens with zero attached hydrogens (tertiary/aromatic N) is 4. The van der Waals surface area contributed by atoms with Gasteiger partial charge in [-0.25, -0.2) is 4.98 Å². The molecule has 0 aliphatic carbocycles. The third-order valence-electron chi connectivity index (χ3n) is 5.81. The molecule has 2 aliphatic rings. The Hall–Kier alpha value is -2.67. The second kappa shape index (κ2) is 6.20. The van der Waals surface area contributed by atoms with Gasteiger partial charge in [-0.2, -0.15) is 5.10 Å². The number of rotatable bonds is 2. The van der Waals surface area contributed by atoms with Crippen molar-refractivity contribution in [1.29, 1.82) is 0 Å². The highest BCUT2D eigenvalue weighted by Crippen LogP contribution is 2.33.